The van der Waals surface area contributed by atoms with E-state index in [1.165, 1.54) is 14.2 Å². The minimum absolute atomic E-state index is 0.243. The van der Waals surface area contributed by atoms with Crippen molar-refractivity contribution in [3.63, 3.8) is 0 Å². The van der Waals surface area contributed by atoms with Crippen LogP contribution in [0.15, 0.2) is 48.7 Å². The van der Waals surface area contributed by atoms with E-state index in [2.05, 4.69) is 5.32 Å². The second-order valence-electron chi connectivity index (χ2n) is 7.75. The third kappa shape index (κ3) is 2.52. The quantitative estimate of drug-likeness (QED) is 0.580. The van der Waals surface area contributed by atoms with Crippen LogP contribution in [0.2, 0.25) is 0 Å². The van der Waals surface area contributed by atoms with Gasteiger partial charge in [0.05, 0.1) is 26.0 Å². The van der Waals surface area contributed by atoms with Gasteiger partial charge in [0.15, 0.2) is 6.04 Å². The molecule has 2 N–H and O–H groups in total. The van der Waals surface area contributed by atoms with Gasteiger partial charge in [-0.15, -0.1) is 0 Å². The fraction of sp³-hybridized carbons (Fsp3) is 0.261. The summed E-state index contributed by atoms with van der Waals surface area (Å²) in [6, 6.07) is 11.8. The summed E-state index contributed by atoms with van der Waals surface area (Å²) in [6.07, 6.45) is 3.86. The molecule has 0 radical (unpaired) electrons. The van der Waals surface area contributed by atoms with Crippen molar-refractivity contribution in [3.8, 4) is 11.5 Å². The first-order chi connectivity index (χ1) is 14.5. The Hall–Kier alpha value is -3.45. The molecular weight excluding hydrogens is 384 g/mol. The minimum Gasteiger partial charge on any atom is -0.497 e. The first-order valence-corrected chi connectivity index (χ1v) is 9.80. The number of quaternary nitrogens is 1. The van der Waals surface area contributed by atoms with Crippen molar-refractivity contribution in [2.24, 2.45) is 11.8 Å². The zero-order chi connectivity index (χ0) is 21.0. The van der Waals surface area contributed by atoms with Crippen LogP contribution in [-0.4, -0.2) is 37.9 Å². The number of methoxy groups -OCH3 is 2. The van der Waals surface area contributed by atoms with Crippen molar-refractivity contribution in [1.29, 1.82) is 0 Å². The smallest absolute Gasteiger partial charge is 0.237 e. The number of rotatable bonds is 4. The highest BCUT2D eigenvalue weighted by molar-refractivity contribution is 6.11. The maximum absolute atomic E-state index is 13.8. The van der Waals surface area contributed by atoms with Gasteiger partial charge in [-0.2, -0.15) is 0 Å². The molecule has 3 aliphatic heterocycles. The Kier molecular flexibility index (Phi) is 4.22. The van der Waals surface area contributed by atoms with Gasteiger partial charge in [-0.25, -0.2) is 0 Å². The number of fused-ring (bicyclic) bond motifs is 5. The van der Waals surface area contributed by atoms with Crippen molar-refractivity contribution in [1.82, 2.24) is 5.32 Å². The van der Waals surface area contributed by atoms with E-state index in [9.17, 15) is 14.4 Å². The number of hydrogen-bond acceptors (Lipinski definition) is 5. The van der Waals surface area contributed by atoms with Crippen LogP contribution in [0, 0.1) is 11.8 Å². The Bertz CT molecular complexity index is 1110. The number of benzene rings is 2. The summed E-state index contributed by atoms with van der Waals surface area (Å²) in [6.45, 7) is 0. The third-order valence-corrected chi connectivity index (χ3v) is 6.42. The lowest BCUT2D eigenvalue weighted by Crippen LogP contribution is -3.12. The molecular formula is C23H21N2O5+. The molecule has 30 heavy (non-hydrogen) atoms. The van der Waals surface area contributed by atoms with Gasteiger partial charge in [-0.05, 0) is 29.8 Å². The van der Waals surface area contributed by atoms with Gasteiger partial charge in [0.2, 0.25) is 17.6 Å². The summed E-state index contributed by atoms with van der Waals surface area (Å²) >= 11 is 0. The lowest BCUT2D eigenvalue weighted by Gasteiger charge is -2.29. The fourth-order valence-electron chi connectivity index (χ4n) is 5.14. The Morgan fingerprint density at radius 1 is 1.00 bits per heavy atom. The van der Waals surface area contributed by atoms with Crippen molar-refractivity contribution >= 4 is 23.7 Å². The van der Waals surface area contributed by atoms with E-state index in [0.717, 1.165) is 16.0 Å². The van der Waals surface area contributed by atoms with E-state index in [0.29, 0.717) is 17.1 Å². The summed E-state index contributed by atoms with van der Waals surface area (Å²) in [4.78, 5) is 40.1. The van der Waals surface area contributed by atoms with E-state index in [1.54, 1.807) is 18.2 Å². The zero-order valence-electron chi connectivity index (χ0n) is 16.5. The van der Waals surface area contributed by atoms with Crippen LogP contribution < -0.4 is 19.7 Å². The average molecular weight is 405 g/mol. The van der Waals surface area contributed by atoms with Crippen LogP contribution in [0.1, 0.15) is 27.5 Å². The highest BCUT2D eigenvalue weighted by atomic mass is 16.5. The van der Waals surface area contributed by atoms with Crippen molar-refractivity contribution < 1.29 is 28.8 Å². The molecule has 0 aromatic heterocycles. The van der Waals surface area contributed by atoms with Crippen LogP contribution in [0.25, 0.3) is 6.08 Å². The number of ether oxygens (including phenoxy) is 2. The summed E-state index contributed by atoms with van der Waals surface area (Å²) in [5, 5.41) is 2.45. The highest BCUT2D eigenvalue weighted by Gasteiger charge is 2.65. The molecule has 3 heterocycles. The highest BCUT2D eigenvalue weighted by Crippen LogP contribution is 2.41. The molecule has 5 rings (SSSR count). The Labute approximate surface area is 173 Å². The van der Waals surface area contributed by atoms with Gasteiger partial charge in [0.25, 0.3) is 0 Å². The number of hydrogen-bond donors (Lipinski definition) is 2. The molecule has 0 aliphatic carbocycles. The molecule has 0 spiro atoms. The van der Waals surface area contributed by atoms with Crippen LogP contribution in [0.5, 0.6) is 11.5 Å². The molecule has 2 fully saturated rings. The normalized spacial score (nSPS) is 28.4. The number of carbonyl (C=O) groups is 3. The number of ketones is 1. The molecule has 1 unspecified atom stereocenters. The Morgan fingerprint density at radius 3 is 2.53 bits per heavy atom. The summed E-state index contributed by atoms with van der Waals surface area (Å²) in [7, 11) is 3.02. The van der Waals surface area contributed by atoms with Gasteiger partial charge in [0.1, 0.15) is 29.4 Å². The van der Waals surface area contributed by atoms with E-state index < -0.39 is 23.8 Å². The van der Waals surface area contributed by atoms with Crippen LogP contribution in [0.4, 0.5) is 0 Å². The van der Waals surface area contributed by atoms with Crippen molar-refractivity contribution in [3.05, 3.63) is 65.4 Å². The Morgan fingerprint density at radius 2 is 1.77 bits per heavy atom. The monoisotopic (exact) mass is 405 g/mol. The molecule has 3 aliphatic rings. The maximum Gasteiger partial charge on any atom is 0.237 e. The zero-order valence-corrected chi connectivity index (χ0v) is 16.5. The third-order valence-electron chi connectivity index (χ3n) is 6.42. The number of carbonyl (C=O) groups excluding carboxylic acids is 3. The standard InChI is InChI=1S/C23H20N2O5/c1-29-13-7-8-16(30-2)15(11-13)21(26)20-18-17(22(27)24-23(18)28)19-14-6-4-3-5-12(14)9-10-25(19)20/h3-11,17-20H,1-2H3,(H,24,27,28)/p+1/t17-,18+,19+,20+/m0/s1. The average Bonchev–Trinajstić information content (AvgIpc) is 3.27. The fourth-order valence-corrected chi connectivity index (χ4v) is 5.14. The van der Waals surface area contributed by atoms with Crippen LogP contribution in [-0.2, 0) is 9.59 Å². The van der Waals surface area contributed by atoms with Gasteiger partial charge in [-0.1, -0.05) is 24.3 Å². The van der Waals surface area contributed by atoms with E-state index in [-0.39, 0.29) is 17.7 Å². The molecule has 2 aromatic rings. The lowest BCUT2D eigenvalue weighted by atomic mass is 9.83. The summed E-state index contributed by atoms with van der Waals surface area (Å²) in [5.41, 5.74) is 2.32. The van der Waals surface area contributed by atoms with Gasteiger partial charge in [-0.3, -0.25) is 24.6 Å². The first-order valence-electron chi connectivity index (χ1n) is 9.80. The Balaban J connectivity index is 1.65. The predicted molar refractivity (Wildman–Crippen MR) is 107 cm³/mol. The number of imide groups is 1. The second-order valence-corrected chi connectivity index (χ2v) is 7.75. The molecule has 0 bridgehead atoms. The molecule has 2 aromatic carbocycles. The topological polar surface area (TPSA) is 86.1 Å². The van der Waals surface area contributed by atoms with E-state index >= 15 is 0 Å². The van der Waals surface area contributed by atoms with Crippen molar-refractivity contribution in [2.75, 3.05) is 14.2 Å². The van der Waals surface area contributed by atoms with E-state index in [4.69, 9.17) is 9.47 Å². The maximum atomic E-state index is 13.8. The number of nitrogens with one attached hydrogen (secondary N) is 2. The number of Topliss-reactive ketones (excluding diaryl/α,β-unsaturated/α-hetero) is 1. The minimum atomic E-state index is -0.739. The predicted octanol–water partition coefficient (Wildman–Crippen LogP) is 0.768. The molecule has 7 heteroatoms. The van der Waals surface area contributed by atoms with Crippen LogP contribution in [0.3, 0.4) is 0 Å². The number of amides is 2. The SMILES string of the molecule is COc1ccc(OC)c(C(=O)[C@H]2[C@@H]3C(=O)NC(=O)[C@@H]3[C@H]3c4ccccc4C=C[NH+]32)c1. The van der Waals surface area contributed by atoms with Gasteiger partial charge >= 0.3 is 0 Å². The molecule has 2 amide bonds. The van der Waals surface area contributed by atoms with Gasteiger partial charge < -0.3 is 9.47 Å². The molecule has 152 valence electrons. The molecule has 2 saturated heterocycles. The molecule has 0 saturated carbocycles. The van der Waals surface area contributed by atoms with Crippen LogP contribution >= 0.6 is 0 Å². The lowest BCUT2D eigenvalue weighted by molar-refractivity contribution is -0.884. The van der Waals surface area contributed by atoms with Gasteiger partial charge in [0, 0.05) is 5.56 Å². The molecule has 5 atom stereocenters. The summed E-state index contributed by atoms with van der Waals surface area (Å²) in [5.74, 6) is -1.35. The van der Waals surface area contributed by atoms with E-state index in [1.807, 2.05) is 36.5 Å². The second kappa shape index (κ2) is 6.81. The first kappa shape index (κ1) is 18.6. The largest absolute Gasteiger partial charge is 0.497 e. The molecule has 7 nitrogen and oxygen atoms in total. The summed E-state index contributed by atoms with van der Waals surface area (Å²) < 4.78 is 10.7. The van der Waals surface area contributed by atoms with Crippen molar-refractivity contribution in [2.45, 2.75) is 12.1 Å².